The molecule has 1 heterocycles. The van der Waals surface area contributed by atoms with E-state index in [-0.39, 0.29) is 16.8 Å². The maximum Gasteiger partial charge on any atom is 0.272 e. The van der Waals surface area contributed by atoms with Gasteiger partial charge in [-0.05, 0) is 30.7 Å². The molecule has 0 aliphatic heterocycles. The van der Waals surface area contributed by atoms with Crippen LogP contribution in [0.2, 0.25) is 0 Å². The molecule has 0 saturated heterocycles. The van der Waals surface area contributed by atoms with Crippen molar-refractivity contribution in [3.05, 3.63) is 59.8 Å². The van der Waals surface area contributed by atoms with Crippen LogP contribution in [0.3, 0.4) is 0 Å². The quantitative estimate of drug-likeness (QED) is 0.637. The number of aromatic amines is 1. The Balaban J connectivity index is 1.76. The molecule has 8 heteroatoms. The molecule has 2 aromatic carbocycles. The van der Waals surface area contributed by atoms with Gasteiger partial charge in [-0.25, -0.2) is 8.42 Å². The summed E-state index contributed by atoms with van der Waals surface area (Å²) in [5.41, 5.74) is 1.95. The highest BCUT2D eigenvalue weighted by molar-refractivity contribution is 7.89. The van der Waals surface area contributed by atoms with E-state index < -0.39 is 10.0 Å². The normalized spacial score (nSPS) is 13.0. The van der Waals surface area contributed by atoms with E-state index in [1.807, 2.05) is 45.0 Å². The molecule has 0 radical (unpaired) electrons. The number of carbonyl (C=O) groups excluding carboxylic acids is 1. The number of hydrogen-bond donors (Lipinski definition) is 2. The monoisotopic (exact) mass is 400 g/mol. The number of hydrogen-bond acceptors (Lipinski definition) is 4. The van der Waals surface area contributed by atoms with Crippen molar-refractivity contribution < 1.29 is 13.2 Å². The third-order valence-electron chi connectivity index (χ3n) is 4.76. The van der Waals surface area contributed by atoms with Crippen LogP contribution < -0.4 is 5.32 Å². The van der Waals surface area contributed by atoms with Crippen molar-refractivity contribution in [2.75, 3.05) is 13.1 Å². The molecule has 1 amide bonds. The Morgan fingerprint density at radius 1 is 1.11 bits per heavy atom. The van der Waals surface area contributed by atoms with E-state index in [1.165, 1.54) is 4.31 Å². The smallest absolute Gasteiger partial charge is 0.272 e. The number of fused-ring (bicyclic) bond motifs is 1. The molecule has 0 saturated carbocycles. The molecule has 1 atom stereocenters. The molecular formula is C20H24N4O3S. The average molecular weight is 401 g/mol. The minimum absolute atomic E-state index is 0.247. The predicted octanol–water partition coefficient (Wildman–Crippen LogP) is 3.08. The molecule has 0 bridgehead atoms. The van der Waals surface area contributed by atoms with Crippen molar-refractivity contribution in [2.45, 2.75) is 31.7 Å². The van der Waals surface area contributed by atoms with Crippen LogP contribution in [0.1, 0.15) is 42.9 Å². The number of nitrogens with one attached hydrogen (secondary N) is 2. The summed E-state index contributed by atoms with van der Waals surface area (Å²) in [6.07, 6.45) is 0. The lowest BCUT2D eigenvalue weighted by Crippen LogP contribution is -2.30. The van der Waals surface area contributed by atoms with Crippen LogP contribution in [0.15, 0.2) is 53.4 Å². The van der Waals surface area contributed by atoms with Crippen LogP contribution in [0, 0.1) is 0 Å². The third kappa shape index (κ3) is 3.79. The Kier molecular flexibility index (Phi) is 5.81. The second-order valence-corrected chi connectivity index (χ2v) is 8.41. The van der Waals surface area contributed by atoms with Crippen LogP contribution in [0.4, 0.5) is 0 Å². The van der Waals surface area contributed by atoms with Gasteiger partial charge in [-0.3, -0.25) is 9.89 Å². The lowest BCUT2D eigenvalue weighted by molar-refractivity contribution is 0.0936. The molecule has 7 nitrogen and oxygen atoms in total. The highest BCUT2D eigenvalue weighted by Crippen LogP contribution is 2.21. The molecule has 3 rings (SSSR count). The van der Waals surface area contributed by atoms with Gasteiger partial charge in [-0.1, -0.05) is 44.2 Å². The van der Waals surface area contributed by atoms with Crippen molar-refractivity contribution >= 4 is 26.8 Å². The largest absolute Gasteiger partial charge is 0.344 e. The summed E-state index contributed by atoms with van der Waals surface area (Å²) in [5.74, 6) is -0.287. The summed E-state index contributed by atoms with van der Waals surface area (Å²) >= 11 is 0. The fraction of sp³-hybridized carbons (Fsp3) is 0.300. The number of benzene rings is 2. The third-order valence-corrected chi connectivity index (χ3v) is 6.82. The molecule has 2 N–H and O–H groups in total. The van der Waals surface area contributed by atoms with E-state index in [0.717, 1.165) is 16.5 Å². The molecule has 0 aliphatic carbocycles. The van der Waals surface area contributed by atoms with Gasteiger partial charge in [0.15, 0.2) is 5.69 Å². The molecule has 0 fully saturated rings. The number of aromatic nitrogens is 2. The minimum Gasteiger partial charge on any atom is -0.344 e. The topological polar surface area (TPSA) is 95.2 Å². The van der Waals surface area contributed by atoms with Crippen molar-refractivity contribution in [1.29, 1.82) is 0 Å². The fourth-order valence-electron chi connectivity index (χ4n) is 3.13. The van der Waals surface area contributed by atoms with Gasteiger partial charge in [0.05, 0.1) is 16.5 Å². The number of H-pyrrole nitrogens is 1. The lowest BCUT2D eigenvalue weighted by atomic mass is 10.1. The number of carbonyl (C=O) groups is 1. The van der Waals surface area contributed by atoms with Gasteiger partial charge in [0.2, 0.25) is 10.0 Å². The first-order chi connectivity index (χ1) is 13.4. The molecule has 148 valence electrons. The Morgan fingerprint density at radius 3 is 2.39 bits per heavy atom. The van der Waals surface area contributed by atoms with E-state index in [0.29, 0.717) is 18.8 Å². The summed E-state index contributed by atoms with van der Waals surface area (Å²) in [5, 5.41) is 10.6. The van der Waals surface area contributed by atoms with Crippen molar-refractivity contribution in [3.63, 3.8) is 0 Å². The molecule has 1 aromatic heterocycles. The van der Waals surface area contributed by atoms with E-state index in [2.05, 4.69) is 15.5 Å². The summed E-state index contributed by atoms with van der Waals surface area (Å²) < 4.78 is 26.6. The molecule has 0 spiro atoms. The summed E-state index contributed by atoms with van der Waals surface area (Å²) in [6.45, 7) is 6.31. The molecule has 3 aromatic rings. The number of sulfonamides is 1. The van der Waals surface area contributed by atoms with E-state index >= 15 is 0 Å². The summed E-state index contributed by atoms with van der Waals surface area (Å²) in [7, 11) is -3.49. The first kappa shape index (κ1) is 20.0. The SMILES string of the molecule is CCN(CC)S(=O)(=O)c1ccc([C@H](C)NC(=O)c2n[nH]c3ccccc23)cc1. The van der Waals surface area contributed by atoms with E-state index in [1.54, 1.807) is 24.3 Å². The zero-order valence-electron chi connectivity index (χ0n) is 16.1. The Morgan fingerprint density at radius 2 is 1.75 bits per heavy atom. The van der Waals surface area contributed by atoms with Gasteiger partial charge in [0.25, 0.3) is 5.91 Å². The van der Waals surface area contributed by atoms with Crippen LogP contribution in [-0.2, 0) is 10.0 Å². The van der Waals surface area contributed by atoms with Gasteiger partial charge in [-0.15, -0.1) is 0 Å². The predicted molar refractivity (Wildman–Crippen MR) is 109 cm³/mol. The van der Waals surface area contributed by atoms with Crippen molar-refractivity contribution in [3.8, 4) is 0 Å². The lowest BCUT2D eigenvalue weighted by Gasteiger charge is -2.19. The highest BCUT2D eigenvalue weighted by Gasteiger charge is 2.22. The fourth-order valence-corrected chi connectivity index (χ4v) is 4.58. The second-order valence-electron chi connectivity index (χ2n) is 6.47. The Hall–Kier alpha value is -2.71. The van der Waals surface area contributed by atoms with Crippen molar-refractivity contribution in [1.82, 2.24) is 19.8 Å². The zero-order chi connectivity index (χ0) is 20.3. The second kappa shape index (κ2) is 8.12. The van der Waals surface area contributed by atoms with E-state index in [4.69, 9.17) is 0 Å². The number of rotatable bonds is 7. The van der Waals surface area contributed by atoms with Crippen LogP contribution in [-0.4, -0.2) is 41.9 Å². The van der Waals surface area contributed by atoms with Gasteiger partial charge in [-0.2, -0.15) is 9.40 Å². The van der Waals surface area contributed by atoms with Crippen LogP contribution in [0.25, 0.3) is 10.9 Å². The standard InChI is InChI=1S/C20H24N4O3S/c1-4-24(5-2)28(26,27)16-12-10-15(11-13-16)14(3)21-20(25)19-17-8-6-7-9-18(17)22-23-19/h6-14H,4-5H2,1-3H3,(H,21,25)(H,22,23)/t14-/m0/s1. The molecule has 0 unspecified atom stereocenters. The Bertz CT molecular complexity index is 1070. The summed E-state index contributed by atoms with van der Waals surface area (Å²) in [6, 6.07) is 13.7. The summed E-state index contributed by atoms with van der Waals surface area (Å²) in [4.78, 5) is 12.8. The number of amides is 1. The van der Waals surface area contributed by atoms with Gasteiger partial charge in [0.1, 0.15) is 0 Å². The maximum atomic E-state index is 12.6. The number of nitrogens with zero attached hydrogens (tertiary/aromatic N) is 2. The van der Waals surface area contributed by atoms with Crippen LogP contribution >= 0.6 is 0 Å². The number of para-hydroxylation sites is 1. The first-order valence-electron chi connectivity index (χ1n) is 9.22. The molecule has 28 heavy (non-hydrogen) atoms. The molecular weight excluding hydrogens is 376 g/mol. The minimum atomic E-state index is -3.49. The zero-order valence-corrected chi connectivity index (χ0v) is 17.0. The Labute approximate surface area is 164 Å². The van der Waals surface area contributed by atoms with Gasteiger partial charge < -0.3 is 5.32 Å². The average Bonchev–Trinajstić information content (AvgIpc) is 3.13. The van der Waals surface area contributed by atoms with E-state index in [9.17, 15) is 13.2 Å². The highest BCUT2D eigenvalue weighted by atomic mass is 32.2. The van der Waals surface area contributed by atoms with Gasteiger partial charge in [0, 0.05) is 18.5 Å². The van der Waals surface area contributed by atoms with Crippen LogP contribution in [0.5, 0.6) is 0 Å². The molecule has 0 aliphatic rings. The van der Waals surface area contributed by atoms with Gasteiger partial charge >= 0.3 is 0 Å². The first-order valence-corrected chi connectivity index (χ1v) is 10.7. The van der Waals surface area contributed by atoms with Crippen molar-refractivity contribution in [2.24, 2.45) is 0 Å². The maximum absolute atomic E-state index is 12.6.